The molecule has 1 fully saturated rings. The van der Waals surface area contributed by atoms with Crippen LogP contribution in [0.4, 0.5) is 5.88 Å². The van der Waals surface area contributed by atoms with E-state index in [9.17, 15) is 5.26 Å². The van der Waals surface area contributed by atoms with Crippen LogP contribution in [-0.2, 0) is 0 Å². The Kier molecular flexibility index (Phi) is 4.95. The van der Waals surface area contributed by atoms with Gasteiger partial charge >= 0.3 is 0 Å². The van der Waals surface area contributed by atoms with Crippen LogP contribution in [0, 0.1) is 11.3 Å². The third-order valence-corrected chi connectivity index (χ3v) is 5.52. The van der Waals surface area contributed by atoms with Gasteiger partial charge in [-0.25, -0.2) is 0 Å². The van der Waals surface area contributed by atoms with Gasteiger partial charge < -0.3 is 9.73 Å². The second-order valence-corrected chi connectivity index (χ2v) is 7.18. The van der Waals surface area contributed by atoms with Crippen molar-refractivity contribution in [3.8, 4) is 17.5 Å². The van der Waals surface area contributed by atoms with Crippen molar-refractivity contribution in [3.63, 3.8) is 0 Å². The molecule has 26 heavy (non-hydrogen) atoms. The van der Waals surface area contributed by atoms with E-state index in [4.69, 9.17) is 4.42 Å². The molecule has 0 radical (unpaired) electrons. The highest BCUT2D eigenvalue weighted by atomic mass is 32.1. The number of thiophene rings is 1. The van der Waals surface area contributed by atoms with Crippen LogP contribution in [-0.4, -0.2) is 34.5 Å². The molecule has 1 saturated heterocycles. The van der Waals surface area contributed by atoms with Crippen LogP contribution in [0.25, 0.3) is 11.5 Å². The summed E-state index contributed by atoms with van der Waals surface area (Å²) in [6, 6.07) is 10.3. The number of hydrogen-bond acceptors (Lipinski definition) is 7. The SMILES string of the molecule is N#Cc1nc(-c2cccnc2)oc1NC[C@@H](c1cccs1)N1CCCC1. The van der Waals surface area contributed by atoms with E-state index in [1.54, 1.807) is 23.7 Å². The number of nitriles is 1. The minimum absolute atomic E-state index is 0.273. The van der Waals surface area contributed by atoms with Crippen LogP contribution in [0.3, 0.4) is 0 Å². The van der Waals surface area contributed by atoms with Gasteiger partial charge in [0.05, 0.1) is 11.6 Å². The molecule has 1 N–H and O–H groups in total. The normalized spacial score (nSPS) is 15.7. The molecule has 4 heterocycles. The van der Waals surface area contributed by atoms with E-state index in [0.717, 1.165) is 18.7 Å². The van der Waals surface area contributed by atoms with Crippen LogP contribution < -0.4 is 5.32 Å². The molecule has 0 unspecified atom stereocenters. The molecule has 1 aliphatic heterocycles. The first-order valence-corrected chi connectivity index (χ1v) is 9.56. The van der Waals surface area contributed by atoms with Gasteiger partial charge in [0.25, 0.3) is 0 Å². The van der Waals surface area contributed by atoms with Crippen molar-refractivity contribution >= 4 is 17.2 Å². The fourth-order valence-electron chi connectivity index (χ4n) is 3.26. The third-order valence-electron chi connectivity index (χ3n) is 4.55. The first-order valence-electron chi connectivity index (χ1n) is 8.68. The summed E-state index contributed by atoms with van der Waals surface area (Å²) in [6.45, 7) is 2.89. The minimum Gasteiger partial charge on any atom is -0.419 e. The number of oxazole rings is 1. The Bertz CT molecular complexity index is 879. The molecule has 0 spiro atoms. The van der Waals surface area contributed by atoms with Crippen LogP contribution in [0.2, 0.25) is 0 Å². The highest BCUT2D eigenvalue weighted by molar-refractivity contribution is 7.10. The van der Waals surface area contributed by atoms with Gasteiger partial charge in [0.2, 0.25) is 17.5 Å². The Balaban J connectivity index is 1.54. The Hall–Kier alpha value is -2.69. The standard InChI is InChI=1S/C19H19N5OS/c20-11-15-19(25-18(23-15)14-5-3-7-21-12-14)22-13-16(17-6-4-10-26-17)24-8-1-2-9-24/h3-7,10,12,16,22H,1-2,8-9,13H2/t16-/m0/s1. The summed E-state index contributed by atoms with van der Waals surface area (Å²) < 4.78 is 5.82. The lowest BCUT2D eigenvalue weighted by atomic mass is 10.2. The lowest BCUT2D eigenvalue weighted by Gasteiger charge is -2.26. The predicted octanol–water partition coefficient (Wildman–Crippen LogP) is 3.92. The van der Waals surface area contributed by atoms with Crippen molar-refractivity contribution in [2.45, 2.75) is 18.9 Å². The molecule has 1 atom stereocenters. The predicted molar refractivity (Wildman–Crippen MR) is 101 cm³/mol. The minimum atomic E-state index is 0.273. The fraction of sp³-hybridized carbons (Fsp3) is 0.316. The average molecular weight is 365 g/mol. The first-order chi connectivity index (χ1) is 12.8. The van der Waals surface area contributed by atoms with Crippen molar-refractivity contribution in [1.82, 2.24) is 14.9 Å². The molecule has 0 bridgehead atoms. The number of nitrogens with zero attached hydrogens (tertiary/aromatic N) is 4. The lowest BCUT2D eigenvalue weighted by molar-refractivity contribution is 0.258. The van der Waals surface area contributed by atoms with Gasteiger partial charge in [-0.3, -0.25) is 9.88 Å². The Morgan fingerprint density at radius 1 is 1.31 bits per heavy atom. The molecular formula is C19H19N5OS. The van der Waals surface area contributed by atoms with Crippen LogP contribution in [0.1, 0.15) is 29.5 Å². The molecule has 0 amide bonds. The number of likely N-dealkylation sites (tertiary alicyclic amines) is 1. The summed E-state index contributed by atoms with van der Waals surface area (Å²) in [4.78, 5) is 12.2. The fourth-order valence-corrected chi connectivity index (χ4v) is 4.12. The van der Waals surface area contributed by atoms with Crippen molar-refractivity contribution in [2.75, 3.05) is 25.0 Å². The van der Waals surface area contributed by atoms with Gasteiger partial charge in [-0.1, -0.05) is 6.07 Å². The quantitative estimate of drug-likeness (QED) is 0.713. The van der Waals surface area contributed by atoms with Gasteiger partial charge in [0.15, 0.2) is 0 Å². The number of hydrogen-bond donors (Lipinski definition) is 1. The lowest BCUT2D eigenvalue weighted by Crippen LogP contribution is -2.30. The third kappa shape index (κ3) is 3.47. The van der Waals surface area contributed by atoms with Gasteiger partial charge in [0.1, 0.15) is 6.07 Å². The van der Waals surface area contributed by atoms with E-state index >= 15 is 0 Å². The molecule has 0 saturated carbocycles. The molecule has 4 rings (SSSR count). The Morgan fingerprint density at radius 2 is 2.19 bits per heavy atom. The smallest absolute Gasteiger partial charge is 0.232 e. The highest BCUT2D eigenvalue weighted by Crippen LogP contribution is 2.30. The molecule has 7 heteroatoms. The molecule has 3 aromatic rings. The second-order valence-electron chi connectivity index (χ2n) is 6.21. The number of pyridine rings is 1. The Morgan fingerprint density at radius 3 is 2.88 bits per heavy atom. The van der Waals surface area contributed by atoms with Crippen molar-refractivity contribution in [3.05, 3.63) is 52.6 Å². The number of aromatic nitrogens is 2. The molecular weight excluding hydrogens is 346 g/mol. The molecule has 0 aliphatic carbocycles. The van der Waals surface area contributed by atoms with E-state index in [0.29, 0.717) is 18.3 Å². The molecule has 132 valence electrons. The topological polar surface area (TPSA) is 78.0 Å². The number of nitrogens with one attached hydrogen (secondary N) is 1. The summed E-state index contributed by atoms with van der Waals surface area (Å²) in [5, 5.41) is 14.8. The van der Waals surface area contributed by atoms with Crippen molar-refractivity contribution in [1.29, 1.82) is 5.26 Å². The first kappa shape index (κ1) is 16.8. The Labute approximate surface area is 156 Å². The highest BCUT2D eigenvalue weighted by Gasteiger charge is 2.25. The second kappa shape index (κ2) is 7.68. The molecule has 0 aromatic carbocycles. The summed E-state index contributed by atoms with van der Waals surface area (Å²) in [6.07, 6.45) is 5.84. The molecule has 6 nitrogen and oxygen atoms in total. The van der Waals surface area contributed by atoms with Crippen LogP contribution in [0.15, 0.2) is 46.5 Å². The summed E-state index contributed by atoms with van der Waals surface area (Å²) in [7, 11) is 0. The zero-order valence-corrected chi connectivity index (χ0v) is 15.1. The average Bonchev–Trinajstić information content (AvgIpc) is 3.45. The largest absolute Gasteiger partial charge is 0.419 e. The summed E-state index contributed by atoms with van der Waals surface area (Å²) in [5.74, 6) is 0.832. The van der Waals surface area contributed by atoms with Gasteiger partial charge in [0, 0.05) is 23.8 Å². The van der Waals surface area contributed by atoms with Crippen molar-refractivity contribution in [2.24, 2.45) is 0 Å². The summed E-state index contributed by atoms with van der Waals surface area (Å²) in [5.41, 5.74) is 1.03. The van der Waals surface area contributed by atoms with Gasteiger partial charge in [-0.2, -0.15) is 10.2 Å². The van der Waals surface area contributed by atoms with Gasteiger partial charge in [-0.05, 0) is 49.5 Å². The zero-order chi connectivity index (χ0) is 17.8. The van der Waals surface area contributed by atoms with Crippen LogP contribution >= 0.6 is 11.3 Å². The van der Waals surface area contributed by atoms with E-state index in [1.165, 1.54) is 17.7 Å². The van der Waals surface area contributed by atoms with E-state index < -0.39 is 0 Å². The number of anilines is 1. The monoisotopic (exact) mass is 365 g/mol. The van der Waals surface area contributed by atoms with Crippen LogP contribution in [0.5, 0.6) is 0 Å². The zero-order valence-electron chi connectivity index (χ0n) is 14.3. The maximum atomic E-state index is 9.40. The van der Waals surface area contributed by atoms with Gasteiger partial charge in [-0.15, -0.1) is 11.3 Å². The van der Waals surface area contributed by atoms with E-state index in [-0.39, 0.29) is 11.7 Å². The summed E-state index contributed by atoms with van der Waals surface area (Å²) >= 11 is 1.76. The van der Waals surface area contributed by atoms with E-state index in [1.807, 2.05) is 12.1 Å². The van der Waals surface area contributed by atoms with E-state index in [2.05, 4.69) is 43.8 Å². The maximum absolute atomic E-state index is 9.40. The van der Waals surface area contributed by atoms with Crippen molar-refractivity contribution < 1.29 is 4.42 Å². The molecule has 1 aliphatic rings. The molecule has 3 aromatic heterocycles. The number of rotatable bonds is 6. The maximum Gasteiger partial charge on any atom is 0.232 e.